The summed E-state index contributed by atoms with van der Waals surface area (Å²) in [5.74, 6) is -0.180. The van der Waals surface area contributed by atoms with Gasteiger partial charge in [-0.1, -0.05) is 18.2 Å². The van der Waals surface area contributed by atoms with Crippen LogP contribution < -0.4 is 14.8 Å². The molecule has 31 heavy (non-hydrogen) atoms. The first-order chi connectivity index (χ1) is 14.7. The van der Waals surface area contributed by atoms with E-state index in [0.717, 1.165) is 5.56 Å². The Balaban J connectivity index is 1.78. The second-order valence-corrected chi connectivity index (χ2v) is 8.74. The van der Waals surface area contributed by atoms with E-state index in [2.05, 4.69) is 10.0 Å². The molecule has 0 fully saturated rings. The van der Waals surface area contributed by atoms with Crippen LogP contribution in [0.3, 0.4) is 0 Å². The summed E-state index contributed by atoms with van der Waals surface area (Å²) in [6.45, 7) is 3.53. The van der Waals surface area contributed by atoms with Gasteiger partial charge in [0.25, 0.3) is 15.9 Å². The van der Waals surface area contributed by atoms with E-state index >= 15 is 0 Å². The molecule has 3 aromatic rings. The zero-order chi connectivity index (χ0) is 22.6. The maximum atomic E-state index is 13.1. The lowest BCUT2D eigenvalue weighted by Crippen LogP contribution is -2.26. The van der Waals surface area contributed by atoms with Crippen LogP contribution in [0, 0.1) is 12.7 Å². The zero-order valence-corrected chi connectivity index (χ0v) is 18.2. The van der Waals surface area contributed by atoms with E-state index in [4.69, 9.17) is 4.74 Å². The van der Waals surface area contributed by atoms with E-state index in [1.54, 1.807) is 50.2 Å². The molecule has 6 nitrogen and oxygen atoms in total. The van der Waals surface area contributed by atoms with Gasteiger partial charge in [0.1, 0.15) is 11.6 Å². The van der Waals surface area contributed by atoms with E-state index in [0.29, 0.717) is 22.6 Å². The Morgan fingerprint density at radius 2 is 1.65 bits per heavy atom. The molecular weight excluding hydrogens is 419 g/mol. The summed E-state index contributed by atoms with van der Waals surface area (Å²) in [6, 6.07) is 16.3. The summed E-state index contributed by atoms with van der Waals surface area (Å²) in [7, 11) is -2.35. The topological polar surface area (TPSA) is 84.5 Å². The van der Waals surface area contributed by atoms with Crippen molar-refractivity contribution in [2.75, 3.05) is 11.8 Å². The van der Waals surface area contributed by atoms with E-state index in [1.165, 1.54) is 37.4 Å². The Kier molecular flexibility index (Phi) is 6.60. The van der Waals surface area contributed by atoms with Crippen LogP contribution in [0.1, 0.15) is 34.5 Å². The van der Waals surface area contributed by atoms with Crippen LogP contribution in [-0.2, 0) is 10.0 Å². The third-order valence-corrected chi connectivity index (χ3v) is 6.21. The third kappa shape index (κ3) is 5.40. The molecule has 0 aliphatic heterocycles. The van der Waals surface area contributed by atoms with Gasteiger partial charge in [0.15, 0.2) is 0 Å². The van der Waals surface area contributed by atoms with Crippen LogP contribution >= 0.6 is 0 Å². The molecule has 8 heteroatoms. The van der Waals surface area contributed by atoms with Crippen molar-refractivity contribution in [2.24, 2.45) is 0 Å². The molecule has 0 bridgehead atoms. The van der Waals surface area contributed by atoms with Gasteiger partial charge < -0.3 is 10.1 Å². The Bertz CT molecular complexity index is 1180. The second kappa shape index (κ2) is 9.18. The Labute approximate surface area is 181 Å². The fourth-order valence-electron chi connectivity index (χ4n) is 2.95. The van der Waals surface area contributed by atoms with Crippen molar-refractivity contribution in [3.63, 3.8) is 0 Å². The normalized spacial score (nSPS) is 12.1. The van der Waals surface area contributed by atoms with Crippen LogP contribution in [0.2, 0.25) is 0 Å². The summed E-state index contributed by atoms with van der Waals surface area (Å²) in [5.41, 5.74) is 2.02. The smallest absolute Gasteiger partial charge is 0.261 e. The van der Waals surface area contributed by atoms with Crippen LogP contribution in [0.5, 0.6) is 5.75 Å². The monoisotopic (exact) mass is 442 g/mol. The Morgan fingerprint density at radius 3 is 2.26 bits per heavy atom. The number of nitrogens with one attached hydrogen (secondary N) is 2. The summed E-state index contributed by atoms with van der Waals surface area (Å²) in [5, 5.41) is 2.83. The highest BCUT2D eigenvalue weighted by Crippen LogP contribution is 2.23. The van der Waals surface area contributed by atoms with Crippen LogP contribution in [0.25, 0.3) is 0 Å². The van der Waals surface area contributed by atoms with Crippen LogP contribution in [0.4, 0.5) is 10.1 Å². The molecule has 0 aliphatic rings. The molecule has 0 aliphatic carbocycles. The molecule has 1 amide bonds. The average Bonchev–Trinajstić information content (AvgIpc) is 2.75. The number of methoxy groups -OCH3 is 1. The van der Waals surface area contributed by atoms with E-state index in [9.17, 15) is 17.6 Å². The minimum atomic E-state index is -3.85. The SMILES string of the molecule is COc1ccc(S(=O)(=O)Nc2cc(C(=O)N[C@@H](C)c3ccc(F)cc3)ccc2C)cc1. The number of hydrogen-bond acceptors (Lipinski definition) is 4. The van der Waals surface area contributed by atoms with Gasteiger partial charge in [-0.05, 0) is 73.5 Å². The standard InChI is InChI=1S/C23H23FN2O4S/c1-15-4-5-18(23(27)25-16(2)17-6-8-19(24)9-7-17)14-22(15)26-31(28,29)21-12-10-20(30-3)11-13-21/h4-14,16,26H,1-3H3,(H,25,27)/t16-/m0/s1. The van der Waals surface area contributed by atoms with Gasteiger partial charge in [0, 0.05) is 5.56 Å². The van der Waals surface area contributed by atoms with Crippen molar-refractivity contribution < 1.29 is 22.3 Å². The fourth-order valence-corrected chi connectivity index (χ4v) is 4.07. The van der Waals surface area contributed by atoms with Gasteiger partial charge >= 0.3 is 0 Å². The number of anilines is 1. The average molecular weight is 443 g/mol. The molecule has 0 spiro atoms. The van der Waals surface area contributed by atoms with E-state index < -0.39 is 10.0 Å². The number of carbonyl (C=O) groups excluding carboxylic acids is 1. The van der Waals surface area contributed by atoms with Crippen molar-refractivity contribution in [3.8, 4) is 5.75 Å². The van der Waals surface area contributed by atoms with Gasteiger partial charge in [-0.25, -0.2) is 12.8 Å². The fraction of sp³-hybridized carbons (Fsp3) is 0.174. The predicted octanol–water partition coefficient (Wildman–Crippen LogP) is 4.43. The zero-order valence-electron chi connectivity index (χ0n) is 17.3. The van der Waals surface area contributed by atoms with Crippen molar-refractivity contribution in [1.29, 1.82) is 0 Å². The second-order valence-electron chi connectivity index (χ2n) is 7.06. The van der Waals surface area contributed by atoms with Crippen LogP contribution in [0.15, 0.2) is 71.6 Å². The maximum Gasteiger partial charge on any atom is 0.261 e. The molecule has 0 saturated heterocycles. The highest BCUT2D eigenvalue weighted by Gasteiger charge is 2.18. The van der Waals surface area contributed by atoms with Crippen LogP contribution in [-0.4, -0.2) is 21.4 Å². The summed E-state index contributed by atoms with van der Waals surface area (Å²) in [6.07, 6.45) is 0. The number of sulfonamides is 1. The molecule has 3 aromatic carbocycles. The summed E-state index contributed by atoms with van der Waals surface area (Å²) in [4.78, 5) is 12.8. The number of halogens is 1. The minimum Gasteiger partial charge on any atom is -0.497 e. The van der Waals surface area contributed by atoms with Gasteiger partial charge in [-0.2, -0.15) is 0 Å². The molecule has 0 saturated carbocycles. The summed E-state index contributed by atoms with van der Waals surface area (Å²) < 4.78 is 46.2. The number of benzene rings is 3. The highest BCUT2D eigenvalue weighted by atomic mass is 32.2. The van der Waals surface area contributed by atoms with Crippen molar-refractivity contribution >= 4 is 21.6 Å². The molecule has 0 unspecified atom stereocenters. The number of amides is 1. The first-order valence-corrected chi connectivity index (χ1v) is 11.0. The lowest BCUT2D eigenvalue weighted by Gasteiger charge is -2.16. The molecule has 0 heterocycles. The van der Waals surface area contributed by atoms with Gasteiger partial charge in [0.2, 0.25) is 0 Å². The number of aryl methyl sites for hydroxylation is 1. The Morgan fingerprint density at radius 1 is 1.00 bits per heavy atom. The molecule has 1 atom stereocenters. The number of carbonyl (C=O) groups is 1. The molecule has 2 N–H and O–H groups in total. The lowest BCUT2D eigenvalue weighted by atomic mass is 10.1. The van der Waals surface area contributed by atoms with Crippen molar-refractivity contribution in [3.05, 3.63) is 89.2 Å². The van der Waals surface area contributed by atoms with E-state index in [-0.39, 0.29) is 22.7 Å². The van der Waals surface area contributed by atoms with Crippen molar-refractivity contribution in [2.45, 2.75) is 24.8 Å². The molecule has 162 valence electrons. The summed E-state index contributed by atoms with van der Waals surface area (Å²) >= 11 is 0. The Hall–Kier alpha value is -3.39. The largest absolute Gasteiger partial charge is 0.497 e. The lowest BCUT2D eigenvalue weighted by molar-refractivity contribution is 0.0940. The molecular formula is C23H23FN2O4S. The van der Waals surface area contributed by atoms with Gasteiger partial charge in [-0.15, -0.1) is 0 Å². The van der Waals surface area contributed by atoms with E-state index in [1.807, 2.05) is 0 Å². The minimum absolute atomic E-state index is 0.0764. The molecule has 0 radical (unpaired) electrons. The third-order valence-electron chi connectivity index (χ3n) is 4.83. The predicted molar refractivity (Wildman–Crippen MR) is 117 cm³/mol. The van der Waals surface area contributed by atoms with Gasteiger partial charge in [-0.3, -0.25) is 9.52 Å². The number of ether oxygens (including phenoxy) is 1. The first kappa shape index (κ1) is 22.3. The number of rotatable bonds is 7. The first-order valence-electron chi connectivity index (χ1n) is 9.53. The molecule has 0 aromatic heterocycles. The maximum absolute atomic E-state index is 13.1. The number of hydrogen-bond donors (Lipinski definition) is 2. The van der Waals surface area contributed by atoms with Crippen molar-refractivity contribution in [1.82, 2.24) is 5.32 Å². The molecule has 3 rings (SSSR count). The quantitative estimate of drug-likeness (QED) is 0.567. The highest BCUT2D eigenvalue weighted by molar-refractivity contribution is 7.92. The van der Waals surface area contributed by atoms with Gasteiger partial charge in [0.05, 0.1) is 23.7 Å².